The Labute approximate surface area is 120 Å². The van der Waals surface area contributed by atoms with Crippen molar-refractivity contribution < 1.29 is 0 Å². The summed E-state index contributed by atoms with van der Waals surface area (Å²) in [5.74, 6) is 0.822. The number of hydrogen-bond acceptors (Lipinski definition) is 5. The van der Waals surface area contributed by atoms with E-state index in [1.54, 1.807) is 11.3 Å². The molecule has 1 aliphatic heterocycles. The molecule has 4 rings (SSSR count). The van der Waals surface area contributed by atoms with Gasteiger partial charge in [-0.1, -0.05) is 41.7 Å². The molecule has 0 spiro atoms. The zero-order valence-electron chi connectivity index (χ0n) is 11.0. The van der Waals surface area contributed by atoms with Crippen molar-refractivity contribution in [2.45, 2.75) is 25.3 Å². The van der Waals surface area contributed by atoms with Gasteiger partial charge in [0.05, 0.1) is 0 Å². The van der Waals surface area contributed by atoms with Crippen LogP contribution in [0, 0.1) is 0 Å². The van der Waals surface area contributed by atoms with Gasteiger partial charge in [0.2, 0.25) is 4.96 Å². The summed E-state index contributed by atoms with van der Waals surface area (Å²) < 4.78 is 1.87. The summed E-state index contributed by atoms with van der Waals surface area (Å²) in [5.41, 5.74) is 1.05. The summed E-state index contributed by atoms with van der Waals surface area (Å²) in [7, 11) is 0. The van der Waals surface area contributed by atoms with Gasteiger partial charge in [-0.3, -0.25) is 0 Å². The van der Waals surface area contributed by atoms with Crippen molar-refractivity contribution in [2.75, 3.05) is 6.54 Å². The molecule has 102 valence electrons. The van der Waals surface area contributed by atoms with E-state index in [-0.39, 0.29) is 0 Å². The summed E-state index contributed by atoms with van der Waals surface area (Å²) in [5, 5.41) is 17.8. The quantitative estimate of drug-likeness (QED) is 0.801. The van der Waals surface area contributed by atoms with Gasteiger partial charge >= 0.3 is 0 Å². The zero-order chi connectivity index (χ0) is 13.4. The highest BCUT2D eigenvalue weighted by Crippen LogP contribution is 2.22. The van der Waals surface area contributed by atoms with Crippen LogP contribution < -0.4 is 5.32 Å². The SMILES string of the molecule is c1ccc(-c2nnc3sc(CC4CCCN4)nn23)cc1. The number of hydrogen-bond donors (Lipinski definition) is 1. The first-order valence-corrected chi connectivity index (χ1v) is 7.72. The monoisotopic (exact) mass is 285 g/mol. The third-order valence-electron chi connectivity index (χ3n) is 3.65. The molecule has 0 bridgehead atoms. The second kappa shape index (κ2) is 4.96. The van der Waals surface area contributed by atoms with Crippen molar-refractivity contribution in [1.29, 1.82) is 0 Å². The lowest BCUT2D eigenvalue weighted by Gasteiger charge is -2.05. The van der Waals surface area contributed by atoms with Crippen molar-refractivity contribution in [3.05, 3.63) is 35.3 Å². The average Bonchev–Trinajstić information content (AvgIpc) is 3.17. The second-order valence-corrected chi connectivity index (χ2v) is 6.12. The molecule has 1 saturated heterocycles. The molecule has 0 amide bonds. The minimum absolute atomic E-state index is 0.569. The topological polar surface area (TPSA) is 55.1 Å². The first kappa shape index (κ1) is 12.0. The molecule has 1 fully saturated rings. The van der Waals surface area contributed by atoms with Crippen molar-refractivity contribution in [3.63, 3.8) is 0 Å². The molecule has 3 aromatic rings. The summed E-state index contributed by atoms with van der Waals surface area (Å²) in [6.45, 7) is 1.13. The lowest BCUT2D eigenvalue weighted by atomic mass is 10.2. The molecular weight excluding hydrogens is 270 g/mol. The van der Waals surface area contributed by atoms with E-state index in [0.29, 0.717) is 6.04 Å². The van der Waals surface area contributed by atoms with Gasteiger partial charge in [-0.15, -0.1) is 10.2 Å². The van der Waals surface area contributed by atoms with Crippen LogP contribution in [0.5, 0.6) is 0 Å². The maximum absolute atomic E-state index is 4.68. The van der Waals surface area contributed by atoms with Crippen LogP contribution in [0.25, 0.3) is 16.3 Å². The predicted molar refractivity (Wildman–Crippen MR) is 78.8 cm³/mol. The lowest BCUT2D eigenvalue weighted by Crippen LogP contribution is -2.23. The van der Waals surface area contributed by atoms with E-state index >= 15 is 0 Å². The highest BCUT2D eigenvalue weighted by atomic mass is 32.1. The molecule has 6 heteroatoms. The molecule has 1 aliphatic rings. The number of benzene rings is 1. The summed E-state index contributed by atoms with van der Waals surface area (Å²) >= 11 is 1.64. The third kappa shape index (κ3) is 2.10. The molecule has 1 aromatic carbocycles. The van der Waals surface area contributed by atoms with Crippen LogP contribution in [-0.2, 0) is 6.42 Å². The highest BCUT2D eigenvalue weighted by Gasteiger charge is 2.18. The fourth-order valence-corrected chi connectivity index (χ4v) is 3.56. The molecule has 3 heterocycles. The van der Waals surface area contributed by atoms with Gasteiger partial charge in [0, 0.05) is 18.0 Å². The van der Waals surface area contributed by atoms with E-state index in [0.717, 1.165) is 34.3 Å². The van der Waals surface area contributed by atoms with E-state index in [1.165, 1.54) is 12.8 Å². The Kier molecular flexibility index (Phi) is 2.97. The Morgan fingerprint density at radius 2 is 2.15 bits per heavy atom. The Morgan fingerprint density at radius 1 is 1.25 bits per heavy atom. The van der Waals surface area contributed by atoms with Crippen molar-refractivity contribution in [1.82, 2.24) is 25.1 Å². The minimum atomic E-state index is 0.569. The summed E-state index contributed by atoms with van der Waals surface area (Å²) in [6.07, 6.45) is 3.50. The van der Waals surface area contributed by atoms with E-state index in [1.807, 2.05) is 34.8 Å². The lowest BCUT2D eigenvalue weighted by molar-refractivity contribution is 0.597. The average molecular weight is 285 g/mol. The number of nitrogens with one attached hydrogen (secondary N) is 1. The Hall–Kier alpha value is -1.79. The Morgan fingerprint density at radius 3 is 2.95 bits per heavy atom. The molecule has 1 N–H and O–H groups in total. The third-order valence-corrected chi connectivity index (χ3v) is 4.57. The maximum atomic E-state index is 4.68. The normalized spacial score (nSPS) is 18.9. The fraction of sp³-hybridized carbons (Fsp3) is 0.357. The number of rotatable bonds is 3. The largest absolute Gasteiger partial charge is 0.314 e. The van der Waals surface area contributed by atoms with Gasteiger partial charge in [0.15, 0.2) is 5.82 Å². The first-order chi connectivity index (χ1) is 9.90. The van der Waals surface area contributed by atoms with Crippen LogP contribution in [0.15, 0.2) is 30.3 Å². The van der Waals surface area contributed by atoms with Crippen LogP contribution in [0.2, 0.25) is 0 Å². The molecule has 0 saturated carbocycles. The molecule has 2 aromatic heterocycles. The summed E-state index contributed by atoms with van der Waals surface area (Å²) in [4.78, 5) is 0.872. The fourth-order valence-electron chi connectivity index (χ4n) is 2.65. The second-order valence-electron chi connectivity index (χ2n) is 5.08. The predicted octanol–water partition coefficient (Wildman–Crippen LogP) is 2.15. The highest BCUT2D eigenvalue weighted by molar-refractivity contribution is 7.16. The van der Waals surface area contributed by atoms with E-state index < -0.39 is 0 Å². The van der Waals surface area contributed by atoms with Gasteiger partial charge in [-0.05, 0) is 19.4 Å². The molecule has 0 radical (unpaired) electrons. The van der Waals surface area contributed by atoms with Crippen LogP contribution in [0.1, 0.15) is 17.8 Å². The minimum Gasteiger partial charge on any atom is -0.314 e. The van der Waals surface area contributed by atoms with Crippen LogP contribution in [0.4, 0.5) is 0 Å². The molecule has 20 heavy (non-hydrogen) atoms. The molecular formula is C14H15N5S. The zero-order valence-corrected chi connectivity index (χ0v) is 11.8. The molecule has 5 nitrogen and oxygen atoms in total. The number of nitrogens with zero attached hydrogens (tertiary/aromatic N) is 4. The van der Waals surface area contributed by atoms with Crippen molar-refractivity contribution >= 4 is 16.3 Å². The Balaban J connectivity index is 1.68. The standard InChI is InChI=1S/C14H15N5S/c1-2-5-10(6-3-1)13-16-17-14-19(13)18-12(20-14)9-11-7-4-8-15-11/h1-3,5-6,11,15H,4,7-9H2. The van der Waals surface area contributed by atoms with E-state index in [4.69, 9.17) is 0 Å². The molecule has 0 aliphatic carbocycles. The van der Waals surface area contributed by atoms with Crippen LogP contribution in [-0.4, -0.2) is 32.4 Å². The number of aromatic nitrogens is 4. The maximum Gasteiger partial charge on any atom is 0.234 e. The van der Waals surface area contributed by atoms with E-state index in [2.05, 4.69) is 20.6 Å². The number of fused-ring (bicyclic) bond motifs is 1. The Bertz CT molecular complexity index is 712. The smallest absolute Gasteiger partial charge is 0.234 e. The van der Waals surface area contributed by atoms with Gasteiger partial charge in [0.25, 0.3) is 0 Å². The van der Waals surface area contributed by atoms with Crippen LogP contribution >= 0.6 is 11.3 Å². The van der Waals surface area contributed by atoms with Crippen molar-refractivity contribution in [2.24, 2.45) is 0 Å². The molecule has 1 unspecified atom stereocenters. The van der Waals surface area contributed by atoms with E-state index in [9.17, 15) is 0 Å². The first-order valence-electron chi connectivity index (χ1n) is 6.90. The van der Waals surface area contributed by atoms with Gasteiger partial charge in [0.1, 0.15) is 5.01 Å². The van der Waals surface area contributed by atoms with Crippen LogP contribution in [0.3, 0.4) is 0 Å². The van der Waals surface area contributed by atoms with Crippen molar-refractivity contribution in [3.8, 4) is 11.4 Å². The van der Waals surface area contributed by atoms with Gasteiger partial charge in [-0.2, -0.15) is 9.61 Å². The molecule has 1 atom stereocenters. The van der Waals surface area contributed by atoms with Gasteiger partial charge < -0.3 is 5.32 Å². The summed E-state index contributed by atoms with van der Waals surface area (Å²) in [6, 6.07) is 10.7. The van der Waals surface area contributed by atoms with Gasteiger partial charge in [-0.25, -0.2) is 0 Å².